The highest BCUT2D eigenvalue weighted by Crippen LogP contribution is 2.30. The lowest BCUT2D eigenvalue weighted by Gasteiger charge is -2.23. The van der Waals surface area contributed by atoms with Crippen LogP contribution in [0.1, 0.15) is 39.9 Å². The molecule has 0 aromatic heterocycles. The number of nitrogens with zero attached hydrogens (tertiary/aromatic N) is 1. The molecule has 0 unspecified atom stereocenters. The van der Waals surface area contributed by atoms with Gasteiger partial charge < -0.3 is 4.90 Å². The SMILES string of the molecule is Cc1ccc(CN(C(=O)c2ccccc2C)C2CC2)cc1. The van der Waals surface area contributed by atoms with Gasteiger partial charge in [-0.15, -0.1) is 0 Å². The third kappa shape index (κ3) is 3.15. The quantitative estimate of drug-likeness (QED) is 0.825. The average Bonchev–Trinajstić information content (AvgIpc) is 3.31. The Morgan fingerprint density at radius 3 is 2.33 bits per heavy atom. The van der Waals surface area contributed by atoms with E-state index in [1.165, 1.54) is 11.1 Å². The van der Waals surface area contributed by atoms with Crippen LogP contribution in [0.15, 0.2) is 48.5 Å². The maximum Gasteiger partial charge on any atom is 0.254 e. The average molecular weight is 279 g/mol. The molecule has 0 N–H and O–H groups in total. The zero-order chi connectivity index (χ0) is 14.8. The van der Waals surface area contributed by atoms with Gasteiger partial charge in [-0.05, 0) is 43.9 Å². The highest BCUT2D eigenvalue weighted by molar-refractivity contribution is 5.96. The molecule has 0 radical (unpaired) electrons. The van der Waals surface area contributed by atoms with Crippen LogP contribution in [0, 0.1) is 13.8 Å². The first-order valence-electron chi connectivity index (χ1n) is 7.57. The zero-order valence-corrected chi connectivity index (χ0v) is 12.7. The molecule has 1 saturated carbocycles. The summed E-state index contributed by atoms with van der Waals surface area (Å²) in [4.78, 5) is 14.9. The summed E-state index contributed by atoms with van der Waals surface area (Å²) in [5, 5.41) is 0. The molecule has 2 heteroatoms. The Morgan fingerprint density at radius 1 is 1.05 bits per heavy atom. The van der Waals surface area contributed by atoms with Crippen molar-refractivity contribution >= 4 is 5.91 Å². The normalized spacial score (nSPS) is 14.0. The van der Waals surface area contributed by atoms with Gasteiger partial charge in [-0.1, -0.05) is 48.0 Å². The molecule has 108 valence electrons. The van der Waals surface area contributed by atoms with Gasteiger partial charge in [0, 0.05) is 18.2 Å². The molecule has 0 heterocycles. The number of hydrogen-bond acceptors (Lipinski definition) is 1. The van der Waals surface area contributed by atoms with E-state index in [4.69, 9.17) is 0 Å². The lowest BCUT2D eigenvalue weighted by Crippen LogP contribution is -2.33. The summed E-state index contributed by atoms with van der Waals surface area (Å²) in [5.41, 5.74) is 4.34. The van der Waals surface area contributed by atoms with Crippen LogP contribution in [0.4, 0.5) is 0 Å². The first-order valence-corrected chi connectivity index (χ1v) is 7.57. The van der Waals surface area contributed by atoms with Gasteiger partial charge in [0.25, 0.3) is 5.91 Å². The number of amides is 1. The monoisotopic (exact) mass is 279 g/mol. The molecule has 0 bridgehead atoms. The zero-order valence-electron chi connectivity index (χ0n) is 12.7. The maximum atomic E-state index is 12.8. The molecular weight excluding hydrogens is 258 g/mol. The Hall–Kier alpha value is -2.09. The Kier molecular flexibility index (Phi) is 3.78. The highest BCUT2D eigenvalue weighted by Gasteiger charge is 2.33. The van der Waals surface area contributed by atoms with Crippen LogP contribution < -0.4 is 0 Å². The molecule has 0 aliphatic heterocycles. The summed E-state index contributed by atoms with van der Waals surface area (Å²) in [6, 6.07) is 16.7. The molecule has 2 aromatic rings. The van der Waals surface area contributed by atoms with Gasteiger partial charge in [0.1, 0.15) is 0 Å². The van der Waals surface area contributed by atoms with E-state index in [0.717, 1.165) is 24.0 Å². The van der Waals surface area contributed by atoms with Crippen molar-refractivity contribution in [1.29, 1.82) is 0 Å². The molecule has 21 heavy (non-hydrogen) atoms. The number of hydrogen-bond donors (Lipinski definition) is 0. The predicted molar refractivity (Wildman–Crippen MR) is 85.3 cm³/mol. The maximum absolute atomic E-state index is 12.8. The van der Waals surface area contributed by atoms with Crippen LogP contribution in [-0.4, -0.2) is 16.8 Å². The lowest BCUT2D eigenvalue weighted by molar-refractivity contribution is 0.0729. The summed E-state index contributed by atoms with van der Waals surface area (Å²) in [7, 11) is 0. The lowest BCUT2D eigenvalue weighted by atomic mass is 10.1. The first-order chi connectivity index (χ1) is 10.1. The van der Waals surface area contributed by atoms with Gasteiger partial charge >= 0.3 is 0 Å². The third-order valence-electron chi connectivity index (χ3n) is 4.10. The molecular formula is C19H21NO. The van der Waals surface area contributed by atoms with E-state index in [2.05, 4.69) is 31.2 Å². The van der Waals surface area contributed by atoms with Crippen molar-refractivity contribution < 1.29 is 4.79 Å². The number of rotatable bonds is 4. The molecule has 1 fully saturated rings. The number of aryl methyl sites for hydroxylation is 2. The van der Waals surface area contributed by atoms with Crippen LogP contribution >= 0.6 is 0 Å². The van der Waals surface area contributed by atoms with E-state index in [1.807, 2.05) is 36.1 Å². The summed E-state index contributed by atoms with van der Waals surface area (Å²) in [5.74, 6) is 0.163. The molecule has 2 aromatic carbocycles. The summed E-state index contributed by atoms with van der Waals surface area (Å²) in [6.07, 6.45) is 2.26. The number of carbonyl (C=O) groups is 1. The van der Waals surface area contributed by atoms with Gasteiger partial charge in [-0.25, -0.2) is 0 Å². The van der Waals surface area contributed by atoms with E-state index >= 15 is 0 Å². The van der Waals surface area contributed by atoms with Crippen molar-refractivity contribution in [2.45, 2.75) is 39.3 Å². The largest absolute Gasteiger partial charge is 0.331 e. The Morgan fingerprint density at radius 2 is 1.71 bits per heavy atom. The van der Waals surface area contributed by atoms with Crippen molar-refractivity contribution in [2.75, 3.05) is 0 Å². The van der Waals surface area contributed by atoms with E-state index in [-0.39, 0.29) is 5.91 Å². The van der Waals surface area contributed by atoms with Crippen LogP contribution in [-0.2, 0) is 6.54 Å². The highest BCUT2D eigenvalue weighted by atomic mass is 16.2. The van der Waals surface area contributed by atoms with Crippen molar-refractivity contribution in [1.82, 2.24) is 4.90 Å². The second-order valence-corrected chi connectivity index (χ2v) is 5.96. The van der Waals surface area contributed by atoms with E-state index in [9.17, 15) is 4.79 Å². The van der Waals surface area contributed by atoms with Crippen molar-refractivity contribution in [3.63, 3.8) is 0 Å². The van der Waals surface area contributed by atoms with Gasteiger partial charge in [0.05, 0.1) is 0 Å². The number of benzene rings is 2. The third-order valence-corrected chi connectivity index (χ3v) is 4.10. The molecule has 1 amide bonds. The molecule has 0 saturated heterocycles. The van der Waals surface area contributed by atoms with Crippen molar-refractivity contribution in [2.24, 2.45) is 0 Å². The van der Waals surface area contributed by atoms with Crippen LogP contribution in [0.3, 0.4) is 0 Å². The van der Waals surface area contributed by atoms with Crippen molar-refractivity contribution in [3.8, 4) is 0 Å². The smallest absolute Gasteiger partial charge is 0.254 e. The summed E-state index contributed by atoms with van der Waals surface area (Å²) < 4.78 is 0. The van der Waals surface area contributed by atoms with Gasteiger partial charge in [0.2, 0.25) is 0 Å². The topological polar surface area (TPSA) is 20.3 Å². The Labute approximate surface area is 126 Å². The molecule has 1 aliphatic carbocycles. The molecule has 1 aliphatic rings. The minimum absolute atomic E-state index is 0.163. The second-order valence-electron chi connectivity index (χ2n) is 5.96. The number of carbonyl (C=O) groups excluding carboxylic acids is 1. The summed E-state index contributed by atoms with van der Waals surface area (Å²) in [6.45, 7) is 4.79. The van der Waals surface area contributed by atoms with Crippen LogP contribution in [0.25, 0.3) is 0 Å². The van der Waals surface area contributed by atoms with Crippen molar-refractivity contribution in [3.05, 3.63) is 70.8 Å². The second kappa shape index (κ2) is 5.72. The van der Waals surface area contributed by atoms with Crippen LogP contribution in [0.5, 0.6) is 0 Å². The van der Waals surface area contributed by atoms with Gasteiger partial charge in [-0.2, -0.15) is 0 Å². The van der Waals surface area contributed by atoms with Gasteiger partial charge in [0.15, 0.2) is 0 Å². The minimum Gasteiger partial charge on any atom is -0.331 e. The van der Waals surface area contributed by atoms with E-state index in [0.29, 0.717) is 12.6 Å². The molecule has 3 rings (SSSR count). The fourth-order valence-electron chi connectivity index (χ4n) is 2.61. The Bertz CT molecular complexity index is 641. The fraction of sp³-hybridized carbons (Fsp3) is 0.316. The summed E-state index contributed by atoms with van der Waals surface area (Å²) >= 11 is 0. The van der Waals surface area contributed by atoms with Crippen LogP contribution in [0.2, 0.25) is 0 Å². The predicted octanol–water partition coefficient (Wildman–Crippen LogP) is 4.11. The Balaban J connectivity index is 1.83. The fourth-order valence-corrected chi connectivity index (χ4v) is 2.61. The van der Waals surface area contributed by atoms with E-state index < -0.39 is 0 Å². The van der Waals surface area contributed by atoms with E-state index in [1.54, 1.807) is 0 Å². The van der Waals surface area contributed by atoms with Gasteiger partial charge in [-0.3, -0.25) is 4.79 Å². The molecule has 0 atom stereocenters. The first kappa shape index (κ1) is 13.9. The minimum atomic E-state index is 0.163. The standard InChI is InChI=1S/C19H21NO/c1-14-7-9-16(10-8-14)13-20(17-11-12-17)19(21)18-6-4-3-5-15(18)2/h3-10,17H,11-13H2,1-2H3. The molecule has 2 nitrogen and oxygen atoms in total. The molecule has 0 spiro atoms.